The molecule has 74 valence electrons. The average molecular weight is 184 g/mol. The van der Waals surface area contributed by atoms with Crippen LogP contribution in [0.4, 0.5) is 0 Å². The Labute approximate surface area is 78.1 Å². The van der Waals surface area contributed by atoms with Crippen molar-refractivity contribution in [1.82, 2.24) is 0 Å². The van der Waals surface area contributed by atoms with Crippen LogP contribution < -0.4 is 0 Å². The third kappa shape index (κ3) is 2.37. The molecule has 0 bridgehead atoms. The van der Waals surface area contributed by atoms with Crippen LogP contribution in [0.2, 0.25) is 0 Å². The molecule has 1 aliphatic carbocycles. The standard InChI is InChI=1S/C10H16O3/c1-7(6-11)8-3-4-10(2,13)5-9(8)12/h6-8,13H,3-5H2,1-2H3. The third-order valence-corrected chi connectivity index (χ3v) is 2.81. The van der Waals surface area contributed by atoms with Gasteiger partial charge in [0, 0.05) is 18.3 Å². The molecule has 1 N–H and O–H groups in total. The van der Waals surface area contributed by atoms with Crippen molar-refractivity contribution in [2.75, 3.05) is 0 Å². The maximum atomic E-state index is 11.5. The molecule has 1 fully saturated rings. The van der Waals surface area contributed by atoms with Crippen LogP contribution in [-0.2, 0) is 9.59 Å². The van der Waals surface area contributed by atoms with Crippen molar-refractivity contribution in [2.45, 2.75) is 38.7 Å². The summed E-state index contributed by atoms with van der Waals surface area (Å²) in [5.74, 6) is -0.350. The summed E-state index contributed by atoms with van der Waals surface area (Å²) in [7, 11) is 0. The molecule has 3 atom stereocenters. The first kappa shape index (κ1) is 10.4. The minimum absolute atomic E-state index is 0.0239. The second kappa shape index (κ2) is 3.58. The van der Waals surface area contributed by atoms with Gasteiger partial charge in [0.25, 0.3) is 0 Å². The number of aldehydes is 1. The largest absolute Gasteiger partial charge is 0.390 e. The van der Waals surface area contributed by atoms with E-state index >= 15 is 0 Å². The van der Waals surface area contributed by atoms with Gasteiger partial charge in [-0.1, -0.05) is 6.92 Å². The molecule has 1 saturated carbocycles. The summed E-state index contributed by atoms with van der Waals surface area (Å²) < 4.78 is 0. The first-order chi connectivity index (χ1) is 5.96. The van der Waals surface area contributed by atoms with Crippen LogP contribution in [0, 0.1) is 11.8 Å². The Balaban J connectivity index is 2.64. The van der Waals surface area contributed by atoms with E-state index in [9.17, 15) is 14.7 Å². The third-order valence-electron chi connectivity index (χ3n) is 2.81. The smallest absolute Gasteiger partial charge is 0.139 e. The number of aliphatic hydroxyl groups is 1. The van der Waals surface area contributed by atoms with Gasteiger partial charge >= 0.3 is 0 Å². The van der Waals surface area contributed by atoms with Crippen molar-refractivity contribution in [3.05, 3.63) is 0 Å². The summed E-state index contributed by atoms with van der Waals surface area (Å²) in [6.45, 7) is 3.43. The minimum atomic E-state index is -0.851. The van der Waals surface area contributed by atoms with Crippen molar-refractivity contribution in [3.8, 4) is 0 Å². The van der Waals surface area contributed by atoms with Crippen LogP contribution in [0.15, 0.2) is 0 Å². The number of rotatable bonds is 2. The van der Waals surface area contributed by atoms with Gasteiger partial charge in [0.1, 0.15) is 12.1 Å². The van der Waals surface area contributed by atoms with E-state index in [1.165, 1.54) is 0 Å². The van der Waals surface area contributed by atoms with Gasteiger partial charge in [-0.15, -0.1) is 0 Å². The van der Waals surface area contributed by atoms with Crippen LogP contribution in [0.3, 0.4) is 0 Å². The Morgan fingerprint density at radius 3 is 2.77 bits per heavy atom. The monoisotopic (exact) mass is 184 g/mol. The van der Waals surface area contributed by atoms with Gasteiger partial charge in [-0.3, -0.25) is 4.79 Å². The molecule has 1 aliphatic rings. The maximum Gasteiger partial charge on any atom is 0.139 e. The van der Waals surface area contributed by atoms with Gasteiger partial charge < -0.3 is 9.90 Å². The fraction of sp³-hybridized carbons (Fsp3) is 0.800. The second-order valence-electron chi connectivity index (χ2n) is 4.28. The van der Waals surface area contributed by atoms with Crippen molar-refractivity contribution >= 4 is 12.1 Å². The first-order valence-electron chi connectivity index (χ1n) is 4.67. The van der Waals surface area contributed by atoms with Crippen molar-refractivity contribution in [1.29, 1.82) is 0 Å². The number of ketones is 1. The molecule has 0 spiro atoms. The predicted octanol–water partition coefficient (Wildman–Crippen LogP) is 0.942. The highest BCUT2D eigenvalue weighted by Gasteiger charge is 2.37. The molecule has 1 rings (SSSR count). The molecule has 0 radical (unpaired) electrons. The van der Waals surface area contributed by atoms with E-state index in [1.807, 2.05) is 0 Å². The quantitative estimate of drug-likeness (QED) is 0.650. The molecule has 0 aromatic carbocycles. The van der Waals surface area contributed by atoms with E-state index in [0.29, 0.717) is 12.8 Å². The van der Waals surface area contributed by atoms with Gasteiger partial charge in [0.05, 0.1) is 5.60 Å². The molecule has 0 heterocycles. The molecule has 3 heteroatoms. The normalized spacial score (nSPS) is 37.2. The topological polar surface area (TPSA) is 54.4 Å². The van der Waals surface area contributed by atoms with Crippen LogP contribution in [0.25, 0.3) is 0 Å². The highest BCUT2D eigenvalue weighted by Crippen LogP contribution is 2.32. The maximum absolute atomic E-state index is 11.5. The zero-order valence-corrected chi connectivity index (χ0v) is 8.12. The molecular formula is C10H16O3. The molecule has 0 saturated heterocycles. The zero-order chi connectivity index (χ0) is 10.1. The van der Waals surface area contributed by atoms with Crippen molar-refractivity contribution < 1.29 is 14.7 Å². The van der Waals surface area contributed by atoms with Crippen LogP contribution in [-0.4, -0.2) is 22.8 Å². The molecular weight excluding hydrogens is 168 g/mol. The van der Waals surface area contributed by atoms with E-state index in [1.54, 1.807) is 13.8 Å². The fourth-order valence-corrected chi connectivity index (χ4v) is 1.87. The van der Waals surface area contributed by atoms with Gasteiger partial charge in [0.2, 0.25) is 0 Å². The summed E-state index contributed by atoms with van der Waals surface area (Å²) in [5.41, 5.74) is -0.851. The molecule has 0 aromatic rings. The average Bonchev–Trinajstić information content (AvgIpc) is 2.01. The summed E-state index contributed by atoms with van der Waals surface area (Å²) in [6, 6.07) is 0. The lowest BCUT2D eigenvalue weighted by Crippen LogP contribution is -2.39. The van der Waals surface area contributed by atoms with E-state index in [-0.39, 0.29) is 24.0 Å². The van der Waals surface area contributed by atoms with E-state index < -0.39 is 5.60 Å². The summed E-state index contributed by atoms with van der Waals surface area (Å²) >= 11 is 0. The van der Waals surface area contributed by atoms with Crippen LogP contribution in [0.1, 0.15) is 33.1 Å². The summed E-state index contributed by atoms with van der Waals surface area (Å²) in [6.07, 6.45) is 2.26. The lowest BCUT2D eigenvalue weighted by atomic mass is 9.74. The molecule has 0 aromatic heterocycles. The Hall–Kier alpha value is -0.700. The number of hydrogen-bond donors (Lipinski definition) is 1. The lowest BCUT2D eigenvalue weighted by Gasteiger charge is -2.33. The van der Waals surface area contributed by atoms with E-state index in [2.05, 4.69) is 0 Å². The number of hydrogen-bond acceptors (Lipinski definition) is 3. The van der Waals surface area contributed by atoms with Crippen molar-refractivity contribution in [3.63, 3.8) is 0 Å². The Bertz CT molecular complexity index is 220. The number of carbonyl (C=O) groups excluding carboxylic acids is 2. The predicted molar refractivity (Wildman–Crippen MR) is 48.2 cm³/mol. The number of carbonyl (C=O) groups is 2. The zero-order valence-electron chi connectivity index (χ0n) is 8.12. The fourth-order valence-electron chi connectivity index (χ4n) is 1.87. The molecule has 0 amide bonds. The van der Waals surface area contributed by atoms with Crippen LogP contribution in [0.5, 0.6) is 0 Å². The Morgan fingerprint density at radius 1 is 1.69 bits per heavy atom. The minimum Gasteiger partial charge on any atom is -0.390 e. The first-order valence-corrected chi connectivity index (χ1v) is 4.67. The lowest BCUT2D eigenvalue weighted by molar-refractivity contribution is -0.136. The van der Waals surface area contributed by atoms with E-state index in [4.69, 9.17) is 0 Å². The van der Waals surface area contributed by atoms with Gasteiger partial charge in [-0.25, -0.2) is 0 Å². The SMILES string of the molecule is CC(C=O)C1CCC(C)(O)CC1=O. The van der Waals surface area contributed by atoms with Crippen LogP contribution >= 0.6 is 0 Å². The Kier molecular flexibility index (Phi) is 2.86. The number of Topliss-reactive ketones (excluding diaryl/α,β-unsaturated/α-hetero) is 1. The second-order valence-corrected chi connectivity index (χ2v) is 4.28. The molecule has 0 aliphatic heterocycles. The van der Waals surface area contributed by atoms with Gasteiger partial charge in [0.15, 0.2) is 0 Å². The summed E-state index contributed by atoms with van der Waals surface area (Å²) in [5, 5.41) is 9.61. The molecule has 3 unspecified atom stereocenters. The highest BCUT2D eigenvalue weighted by atomic mass is 16.3. The van der Waals surface area contributed by atoms with Crippen molar-refractivity contribution in [2.24, 2.45) is 11.8 Å². The van der Waals surface area contributed by atoms with E-state index in [0.717, 1.165) is 6.29 Å². The summed E-state index contributed by atoms with van der Waals surface area (Å²) in [4.78, 5) is 22.0. The highest BCUT2D eigenvalue weighted by molar-refractivity contribution is 5.85. The molecule has 13 heavy (non-hydrogen) atoms. The molecule has 3 nitrogen and oxygen atoms in total. The van der Waals surface area contributed by atoms with Gasteiger partial charge in [-0.2, -0.15) is 0 Å². The Morgan fingerprint density at radius 2 is 2.31 bits per heavy atom. The van der Waals surface area contributed by atoms with Gasteiger partial charge in [-0.05, 0) is 19.8 Å².